The molecule has 0 saturated heterocycles. The van der Waals surface area contributed by atoms with Crippen LogP contribution >= 0.6 is 11.6 Å². The molecule has 3 aromatic rings. The molecule has 0 aliphatic heterocycles. The van der Waals surface area contributed by atoms with Gasteiger partial charge in [0.05, 0.1) is 12.1 Å². The Morgan fingerprint density at radius 3 is 2.62 bits per heavy atom. The minimum Gasteiger partial charge on any atom is -0.492 e. The fourth-order valence-electron chi connectivity index (χ4n) is 2.97. The quantitative estimate of drug-likeness (QED) is 0.510. The van der Waals surface area contributed by atoms with Crippen molar-refractivity contribution >= 4 is 22.5 Å². The molecule has 0 atom stereocenters. The third kappa shape index (κ3) is 5.34. The summed E-state index contributed by atoms with van der Waals surface area (Å²) in [6.45, 7) is 8.02. The molecule has 150 valence electrons. The Balaban J connectivity index is 1.84. The summed E-state index contributed by atoms with van der Waals surface area (Å²) in [6.07, 6.45) is 0. The Morgan fingerprint density at radius 1 is 1.14 bits per heavy atom. The molecule has 0 saturated carbocycles. The van der Waals surface area contributed by atoms with Gasteiger partial charge in [-0.3, -0.25) is 4.79 Å². The predicted octanol–water partition coefficient (Wildman–Crippen LogP) is 4.86. The number of benzene rings is 2. The van der Waals surface area contributed by atoms with E-state index in [2.05, 4.69) is 18.5 Å². The topological polar surface area (TPSA) is 43.3 Å². The van der Waals surface area contributed by atoms with E-state index in [4.69, 9.17) is 16.3 Å². The standard InChI is InChI=1S/C23H22ClFN2O2/c1-16(17(2)25)14-26-15-19-12-18-8-9-20(24)13-22(18)27(23(19)28)10-11-29-21-6-4-3-5-7-21/h3-9,12-13,26H,1-2,10-11,14-15H2. The number of rotatable bonds is 9. The van der Waals surface area contributed by atoms with Gasteiger partial charge in [0, 0.05) is 23.7 Å². The molecular formula is C23H22ClFN2O2. The third-order valence-electron chi connectivity index (χ3n) is 4.50. The van der Waals surface area contributed by atoms with Crippen LogP contribution in [-0.4, -0.2) is 17.7 Å². The molecule has 1 aromatic heterocycles. The molecule has 0 spiro atoms. The summed E-state index contributed by atoms with van der Waals surface area (Å²) < 4.78 is 20.5. The monoisotopic (exact) mass is 412 g/mol. The number of hydrogen-bond acceptors (Lipinski definition) is 3. The van der Waals surface area contributed by atoms with Gasteiger partial charge in [0.25, 0.3) is 5.56 Å². The van der Waals surface area contributed by atoms with Crippen molar-refractivity contribution in [2.45, 2.75) is 13.1 Å². The van der Waals surface area contributed by atoms with E-state index in [0.717, 1.165) is 16.7 Å². The van der Waals surface area contributed by atoms with Crippen LogP contribution in [0.15, 0.2) is 83.9 Å². The van der Waals surface area contributed by atoms with Crippen LogP contribution in [0.3, 0.4) is 0 Å². The molecule has 0 bridgehead atoms. The number of nitrogens with zero attached hydrogens (tertiary/aromatic N) is 1. The summed E-state index contributed by atoms with van der Waals surface area (Å²) in [4.78, 5) is 13.1. The normalized spacial score (nSPS) is 10.8. The van der Waals surface area contributed by atoms with Gasteiger partial charge in [-0.15, -0.1) is 0 Å². The first-order valence-electron chi connectivity index (χ1n) is 9.19. The van der Waals surface area contributed by atoms with E-state index in [1.807, 2.05) is 42.5 Å². The number of para-hydroxylation sites is 1. The van der Waals surface area contributed by atoms with Crippen molar-refractivity contribution in [3.05, 3.63) is 100 Å². The highest BCUT2D eigenvalue weighted by Gasteiger charge is 2.11. The van der Waals surface area contributed by atoms with Gasteiger partial charge in [-0.05, 0) is 41.3 Å². The molecule has 0 aliphatic carbocycles. The van der Waals surface area contributed by atoms with E-state index >= 15 is 0 Å². The summed E-state index contributed by atoms with van der Waals surface area (Å²) in [5, 5.41) is 4.48. The minimum absolute atomic E-state index is 0.145. The van der Waals surface area contributed by atoms with Crippen LogP contribution in [0, 0.1) is 0 Å². The van der Waals surface area contributed by atoms with Gasteiger partial charge in [-0.25, -0.2) is 4.39 Å². The van der Waals surface area contributed by atoms with Crippen molar-refractivity contribution in [3.63, 3.8) is 0 Å². The van der Waals surface area contributed by atoms with Crippen molar-refractivity contribution in [1.29, 1.82) is 0 Å². The number of fused-ring (bicyclic) bond motifs is 1. The van der Waals surface area contributed by atoms with Crippen LogP contribution in [0.25, 0.3) is 10.9 Å². The summed E-state index contributed by atoms with van der Waals surface area (Å²) in [5.74, 6) is 0.173. The first kappa shape index (κ1) is 20.8. The van der Waals surface area contributed by atoms with Crippen molar-refractivity contribution in [3.8, 4) is 5.75 Å². The first-order chi connectivity index (χ1) is 14.0. The lowest BCUT2D eigenvalue weighted by atomic mass is 10.1. The Bertz CT molecular complexity index is 1090. The Hall–Kier alpha value is -2.89. The highest BCUT2D eigenvalue weighted by atomic mass is 35.5. The molecule has 0 unspecified atom stereocenters. The molecule has 4 nitrogen and oxygen atoms in total. The molecule has 0 radical (unpaired) electrons. The van der Waals surface area contributed by atoms with E-state index in [0.29, 0.717) is 23.7 Å². The smallest absolute Gasteiger partial charge is 0.255 e. The van der Waals surface area contributed by atoms with Crippen LogP contribution in [-0.2, 0) is 13.1 Å². The van der Waals surface area contributed by atoms with Gasteiger partial charge in [0.2, 0.25) is 0 Å². The van der Waals surface area contributed by atoms with Crippen molar-refractivity contribution < 1.29 is 9.13 Å². The summed E-state index contributed by atoms with van der Waals surface area (Å²) in [6, 6.07) is 16.7. The highest BCUT2D eigenvalue weighted by Crippen LogP contribution is 2.19. The van der Waals surface area contributed by atoms with Crippen LogP contribution in [0.1, 0.15) is 5.56 Å². The number of halogens is 2. The second kappa shape index (κ2) is 9.54. The zero-order valence-corrected chi connectivity index (χ0v) is 16.7. The van der Waals surface area contributed by atoms with E-state index in [1.54, 1.807) is 16.7 Å². The van der Waals surface area contributed by atoms with Crippen LogP contribution in [0.4, 0.5) is 4.39 Å². The molecule has 3 rings (SSSR count). The Kier molecular flexibility index (Phi) is 6.86. The second-order valence-corrected chi connectivity index (χ2v) is 7.04. The Morgan fingerprint density at radius 2 is 1.90 bits per heavy atom. The largest absolute Gasteiger partial charge is 0.492 e. The van der Waals surface area contributed by atoms with Crippen LogP contribution in [0.2, 0.25) is 5.02 Å². The first-order valence-corrected chi connectivity index (χ1v) is 9.56. The molecule has 0 aliphatic rings. The molecule has 29 heavy (non-hydrogen) atoms. The predicted molar refractivity (Wildman–Crippen MR) is 116 cm³/mol. The molecule has 6 heteroatoms. The zero-order chi connectivity index (χ0) is 20.8. The van der Waals surface area contributed by atoms with E-state index in [-0.39, 0.29) is 24.2 Å². The van der Waals surface area contributed by atoms with Crippen LogP contribution < -0.4 is 15.6 Å². The highest BCUT2D eigenvalue weighted by molar-refractivity contribution is 6.31. The maximum absolute atomic E-state index is 13.1. The molecule has 1 heterocycles. The van der Waals surface area contributed by atoms with Gasteiger partial charge in [-0.2, -0.15) is 0 Å². The number of hydrogen-bond donors (Lipinski definition) is 1. The Labute approximate surface area is 173 Å². The lowest BCUT2D eigenvalue weighted by Crippen LogP contribution is -2.29. The van der Waals surface area contributed by atoms with E-state index < -0.39 is 5.83 Å². The lowest BCUT2D eigenvalue weighted by Gasteiger charge is -2.15. The summed E-state index contributed by atoms with van der Waals surface area (Å²) in [7, 11) is 0. The zero-order valence-electron chi connectivity index (χ0n) is 16.0. The van der Waals surface area contributed by atoms with Crippen molar-refractivity contribution in [2.75, 3.05) is 13.2 Å². The van der Waals surface area contributed by atoms with Crippen molar-refractivity contribution in [1.82, 2.24) is 9.88 Å². The molecule has 1 N–H and O–H groups in total. The number of ether oxygens (including phenoxy) is 1. The number of pyridine rings is 1. The fourth-order valence-corrected chi connectivity index (χ4v) is 3.14. The second-order valence-electron chi connectivity index (χ2n) is 6.60. The van der Waals surface area contributed by atoms with Gasteiger partial charge < -0.3 is 14.6 Å². The molecule has 2 aromatic carbocycles. The van der Waals surface area contributed by atoms with Crippen molar-refractivity contribution in [2.24, 2.45) is 0 Å². The molecular weight excluding hydrogens is 391 g/mol. The number of aromatic nitrogens is 1. The van der Waals surface area contributed by atoms with Gasteiger partial charge in [0.15, 0.2) is 0 Å². The van der Waals surface area contributed by atoms with E-state index in [1.165, 1.54) is 0 Å². The van der Waals surface area contributed by atoms with Crippen LogP contribution in [0.5, 0.6) is 5.75 Å². The maximum Gasteiger partial charge on any atom is 0.255 e. The summed E-state index contributed by atoms with van der Waals surface area (Å²) >= 11 is 6.15. The number of nitrogens with one attached hydrogen (secondary N) is 1. The van der Waals surface area contributed by atoms with Gasteiger partial charge >= 0.3 is 0 Å². The summed E-state index contributed by atoms with van der Waals surface area (Å²) in [5.41, 5.74) is 1.42. The maximum atomic E-state index is 13.1. The lowest BCUT2D eigenvalue weighted by molar-refractivity contribution is 0.298. The SMILES string of the molecule is C=C(F)C(=C)CNCc1cc2ccc(Cl)cc2n(CCOc2ccccc2)c1=O. The van der Waals surface area contributed by atoms with Gasteiger partial charge in [-0.1, -0.05) is 49.0 Å². The average Bonchev–Trinajstić information content (AvgIpc) is 2.71. The third-order valence-corrected chi connectivity index (χ3v) is 4.73. The molecule has 0 fully saturated rings. The van der Waals surface area contributed by atoms with E-state index in [9.17, 15) is 9.18 Å². The average molecular weight is 413 g/mol. The van der Waals surface area contributed by atoms with Gasteiger partial charge in [0.1, 0.15) is 18.2 Å². The fraction of sp³-hybridized carbons (Fsp3) is 0.174. The minimum atomic E-state index is -0.568. The molecule has 0 amide bonds.